The Balaban J connectivity index is 1.90. The molecule has 1 fully saturated rings. The van der Waals surface area contributed by atoms with Crippen molar-refractivity contribution >= 4 is 11.9 Å². The number of benzene rings is 1. The Morgan fingerprint density at radius 2 is 1.89 bits per heavy atom. The van der Waals surface area contributed by atoms with Crippen LogP contribution in [0.3, 0.4) is 0 Å². The summed E-state index contributed by atoms with van der Waals surface area (Å²) in [5, 5.41) is 3.35. The summed E-state index contributed by atoms with van der Waals surface area (Å²) in [6, 6.07) is 7.96. The predicted molar refractivity (Wildman–Crippen MR) is 105 cm³/mol. The van der Waals surface area contributed by atoms with Crippen LogP contribution in [-0.4, -0.2) is 63.9 Å². The molecule has 27 heavy (non-hydrogen) atoms. The van der Waals surface area contributed by atoms with Crippen LogP contribution in [0.25, 0.3) is 0 Å². The van der Waals surface area contributed by atoms with Gasteiger partial charge in [0.05, 0.1) is 26.2 Å². The second-order valence-electron chi connectivity index (χ2n) is 6.44. The van der Waals surface area contributed by atoms with Crippen LogP contribution in [0.2, 0.25) is 0 Å². The minimum atomic E-state index is -0.107. The van der Waals surface area contributed by atoms with Crippen molar-refractivity contribution in [3.63, 3.8) is 0 Å². The van der Waals surface area contributed by atoms with E-state index in [4.69, 9.17) is 19.2 Å². The van der Waals surface area contributed by atoms with Crippen molar-refractivity contribution < 1.29 is 19.0 Å². The molecule has 150 valence electrons. The molecule has 7 nitrogen and oxygen atoms in total. The summed E-state index contributed by atoms with van der Waals surface area (Å²) in [6.45, 7) is 6.18. The Bertz CT molecular complexity index is 596. The van der Waals surface area contributed by atoms with E-state index in [2.05, 4.69) is 17.1 Å². The van der Waals surface area contributed by atoms with E-state index in [9.17, 15) is 4.79 Å². The van der Waals surface area contributed by atoms with Crippen LogP contribution in [0, 0.1) is 5.92 Å². The van der Waals surface area contributed by atoms with Gasteiger partial charge in [-0.3, -0.25) is 4.79 Å². The van der Waals surface area contributed by atoms with Gasteiger partial charge in [0.2, 0.25) is 0 Å². The Morgan fingerprint density at radius 3 is 2.48 bits per heavy atom. The largest absolute Gasteiger partial charge is 0.491 e. The van der Waals surface area contributed by atoms with Crippen molar-refractivity contribution in [2.75, 3.05) is 47.1 Å². The van der Waals surface area contributed by atoms with Crippen molar-refractivity contribution in [3.8, 4) is 5.75 Å². The van der Waals surface area contributed by atoms with Gasteiger partial charge in [-0.1, -0.05) is 12.1 Å². The number of nitrogens with one attached hydrogen (secondary N) is 1. The number of guanidine groups is 1. The first-order valence-electron chi connectivity index (χ1n) is 9.49. The summed E-state index contributed by atoms with van der Waals surface area (Å²) >= 11 is 0. The monoisotopic (exact) mass is 377 g/mol. The molecular formula is C20H31N3O4. The maximum absolute atomic E-state index is 11.7. The van der Waals surface area contributed by atoms with Gasteiger partial charge in [0.25, 0.3) is 0 Å². The number of ether oxygens (including phenoxy) is 3. The molecule has 1 aliphatic rings. The summed E-state index contributed by atoms with van der Waals surface area (Å²) in [4.78, 5) is 18.7. The lowest BCUT2D eigenvalue weighted by Crippen LogP contribution is -2.46. The molecule has 0 bridgehead atoms. The average molecular weight is 377 g/mol. The van der Waals surface area contributed by atoms with E-state index in [1.54, 1.807) is 7.11 Å². The third kappa shape index (κ3) is 6.75. The number of methoxy groups -OCH3 is 2. The molecule has 1 N–H and O–H groups in total. The first-order chi connectivity index (χ1) is 13.2. The van der Waals surface area contributed by atoms with Gasteiger partial charge in [-0.2, -0.15) is 0 Å². The Hall–Kier alpha value is -2.28. The fourth-order valence-electron chi connectivity index (χ4n) is 3.02. The molecule has 0 atom stereocenters. The summed E-state index contributed by atoms with van der Waals surface area (Å²) in [6.07, 6.45) is 1.59. The summed E-state index contributed by atoms with van der Waals surface area (Å²) < 4.78 is 15.4. The number of hydrogen-bond donors (Lipinski definition) is 1. The molecule has 0 aliphatic carbocycles. The van der Waals surface area contributed by atoms with E-state index < -0.39 is 0 Å². The third-order valence-electron chi connectivity index (χ3n) is 4.55. The van der Waals surface area contributed by atoms with Crippen LogP contribution < -0.4 is 10.1 Å². The highest BCUT2D eigenvalue weighted by molar-refractivity contribution is 5.80. The van der Waals surface area contributed by atoms with E-state index in [-0.39, 0.29) is 11.9 Å². The summed E-state index contributed by atoms with van der Waals surface area (Å²) in [5.41, 5.74) is 1.12. The van der Waals surface area contributed by atoms with Crippen LogP contribution in [-0.2, 0) is 20.8 Å². The highest BCUT2D eigenvalue weighted by Gasteiger charge is 2.26. The molecule has 0 aromatic heterocycles. The number of piperidine rings is 1. The second-order valence-corrected chi connectivity index (χ2v) is 6.44. The number of carbonyl (C=O) groups is 1. The van der Waals surface area contributed by atoms with Gasteiger partial charge in [-0.25, -0.2) is 4.99 Å². The van der Waals surface area contributed by atoms with Gasteiger partial charge in [0.15, 0.2) is 5.96 Å². The number of likely N-dealkylation sites (tertiary alicyclic amines) is 1. The first-order valence-corrected chi connectivity index (χ1v) is 9.49. The SMILES string of the molecule is CCNC(=NCc1ccc(OCCOC)cc1)N1CCC(C(=O)OC)CC1. The van der Waals surface area contributed by atoms with Gasteiger partial charge in [0.1, 0.15) is 12.4 Å². The lowest BCUT2D eigenvalue weighted by molar-refractivity contribution is -0.146. The van der Waals surface area contributed by atoms with Gasteiger partial charge >= 0.3 is 5.97 Å². The second kappa shape index (κ2) is 11.4. The zero-order valence-corrected chi connectivity index (χ0v) is 16.6. The predicted octanol–water partition coefficient (Wildman–Crippen LogP) is 2.06. The number of nitrogens with zero attached hydrogens (tertiary/aromatic N) is 2. The number of aliphatic imine (C=N–C) groups is 1. The van der Waals surface area contributed by atoms with Gasteiger partial charge in [-0.05, 0) is 37.5 Å². The lowest BCUT2D eigenvalue weighted by Gasteiger charge is -2.33. The average Bonchev–Trinajstić information content (AvgIpc) is 2.72. The van der Waals surface area contributed by atoms with Crippen LogP contribution in [0.5, 0.6) is 5.75 Å². The standard InChI is InChI=1S/C20H31N3O4/c1-4-21-20(23-11-9-17(10-12-23)19(24)26-3)22-15-16-5-7-18(8-6-16)27-14-13-25-2/h5-8,17H,4,9-15H2,1-3H3,(H,21,22). The van der Waals surface area contributed by atoms with Gasteiger partial charge < -0.3 is 24.4 Å². The molecule has 1 aliphatic heterocycles. The fourth-order valence-corrected chi connectivity index (χ4v) is 3.02. The molecule has 0 spiro atoms. The van der Waals surface area contributed by atoms with Crippen LogP contribution in [0.4, 0.5) is 0 Å². The van der Waals surface area contributed by atoms with E-state index in [0.717, 1.165) is 49.7 Å². The highest BCUT2D eigenvalue weighted by atomic mass is 16.5. The number of hydrogen-bond acceptors (Lipinski definition) is 5. The maximum atomic E-state index is 11.7. The quantitative estimate of drug-likeness (QED) is 0.324. The molecule has 0 saturated carbocycles. The molecule has 1 aromatic carbocycles. The van der Waals surface area contributed by atoms with Crippen LogP contribution in [0.1, 0.15) is 25.3 Å². The molecule has 1 saturated heterocycles. The molecule has 0 radical (unpaired) electrons. The zero-order chi connectivity index (χ0) is 19.5. The minimum absolute atomic E-state index is 0.000205. The zero-order valence-electron chi connectivity index (χ0n) is 16.6. The van der Waals surface area contributed by atoms with E-state index in [1.165, 1.54) is 7.11 Å². The Morgan fingerprint density at radius 1 is 1.19 bits per heavy atom. The molecular weight excluding hydrogens is 346 g/mol. The van der Waals surface area contributed by atoms with Crippen molar-refractivity contribution in [2.45, 2.75) is 26.3 Å². The Labute approximate surface area is 161 Å². The maximum Gasteiger partial charge on any atom is 0.308 e. The van der Waals surface area contributed by atoms with Crippen LogP contribution in [0.15, 0.2) is 29.3 Å². The smallest absolute Gasteiger partial charge is 0.308 e. The highest BCUT2D eigenvalue weighted by Crippen LogP contribution is 2.19. The van der Waals surface area contributed by atoms with Crippen LogP contribution >= 0.6 is 0 Å². The lowest BCUT2D eigenvalue weighted by atomic mass is 9.97. The normalized spacial score (nSPS) is 15.5. The van der Waals surface area contributed by atoms with Gasteiger partial charge in [0, 0.05) is 26.7 Å². The van der Waals surface area contributed by atoms with E-state index in [1.807, 2.05) is 24.3 Å². The van der Waals surface area contributed by atoms with Crippen molar-refractivity contribution in [1.29, 1.82) is 0 Å². The molecule has 0 unspecified atom stereocenters. The molecule has 0 amide bonds. The van der Waals surface area contributed by atoms with E-state index in [0.29, 0.717) is 19.8 Å². The third-order valence-corrected chi connectivity index (χ3v) is 4.55. The summed E-state index contributed by atoms with van der Waals surface area (Å²) in [7, 11) is 3.11. The molecule has 1 aromatic rings. The van der Waals surface area contributed by atoms with Crippen molar-refractivity contribution in [1.82, 2.24) is 10.2 Å². The fraction of sp³-hybridized carbons (Fsp3) is 0.600. The molecule has 2 rings (SSSR count). The Kier molecular flexibility index (Phi) is 8.91. The number of esters is 1. The van der Waals surface area contributed by atoms with Crippen molar-refractivity contribution in [2.24, 2.45) is 10.9 Å². The topological polar surface area (TPSA) is 72.4 Å². The van der Waals surface area contributed by atoms with E-state index >= 15 is 0 Å². The minimum Gasteiger partial charge on any atom is -0.491 e. The number of carbonyl (C=O) groups excluding carboxylic acids is 1. The van der Waals surface area contributed by atoms with Crippen molar-refractivity contribution in [3.05, 3.63) is 29.8 Å². The molecule has 7 heteroatoms. The van der Waals surface area contributed by atoms with Gasteiger partial charge in [-0.15, -0.1) is 0 Å². The molecule has 1 heterocycles. The summed E-state index contributed by atoms with van der Waals surface area (Å²) in [5.74, 6) is 1.61. The number of rotatable bonds is 8. The first kappa shape index (κ1) is 21.0.